The quantitative estimate of drug-likeness (QED) is 0.304. The first-order valence-corrected chi connectivity index (χ1v) is 12.2. The summed E-state index contributed by atoms with van der Waals surface area (Å²) in [6.07, 6.45) is 6.43. The molecule has 0 saturated heterocycles. The molecular formula is C19H31BrO4Si. The molecule has 1 aliphatic rings. The van der Waals surface area contributed by atoms with E-state index in [2.05, 4.69) is 56.4 Å². The maximum absolute atomic E-state index is 13.1. The van der Waals surface area contributed by atoms with E-state index in [0.717, 1.165) is 10.9 Å². The fraction of sp³-hybridized carbons (Fsp3) is 0.632. The summed E-state index contributed by atoms with van der Waals surface area (Å²) in [4.78, 5) is 13.1. The first-order valence-electron chi connectivity index (χ1n) is 8.48. The Labute approximate surface area is 161 Å². The Bertz CT molecular complexity index is 568. The molecule has 0 radical (unpaired) electrons. The highest BCUT2D eigenvalue weighted by atomic mass is 79.9. The predicted octanol–water partition coefficient (Wildman–Crippen LogP) is 5.12. The maximum Gasteiger partial charge on any atom is 0.254 e. The van der Waals surface area contributed by atoms with Crippen molar-refractivity contribution >= 4 is 30.0 Å². The second kappa shape index (κ2) is 8.44. The van der Waals surface area contributed by atoms with E-state index in [9.17, 15) is 4.79 Å². The minimum atomic E-state index is -2.06. The molecular weight excluding hydrogens is 400 g/mol. The van der Waals surface area contributed by atoms with Gasteiger partial charge in [0.2, 0.25) is 5.78 Å². The lowest BCUT2D eigenvalue weighted by Gasteiger charge is -2.41. The summed E-state index contributed by atoms with van der Waals surface area (Å²) in [7, 11) is 0.870. The summed E-state index contributed by atoms with van der Waals surface area (Å²) >= 11 is 3.48. The molecule has 0 aromatic carbocycles. The molecule has 0 aromatic rings. The van der Waals surface area contributed by atoms with Crippen LogP contribution in [-0.4, -0.2) is 40.2 Å². The van der Waals surface area contributed by atoms with Gasteiger partial charge in [0.05, 0.1) is 6.10 Å². The van der Waals surface area contributed by atoms with Gasteiger partial charge in [-0.1, -0.05) is 42.8 Å². The topological polar surface area (TPSA) is 44.8 Å². The van der Waals surface area contributed by atoms with Crippen molar-refractivity contribution in [3.8, 4) is 0 Å². The van der Waals surface area contributed by atoms with Crippen molar-refractivity contribution in [3.63, 3.8) is 0 Å². The monoisotopic (exact) mass is 430 g/mol. The number of methoxy groups -OCH3 is 2. The fourth-order valence-electron chi connectivity index (χ4n) is 2.41. The normalized spacial score (nSPS) is 19.3. The Kier molecular flexibility index (Phi) is 7.60. The average Bonchev–Trinajstić information content (AvgIpc) is 2.52. The lowest BCUT2D eigenvalue weighted by atomic mass is 9.91. The number of carbonyl (C=O) groups excluding carboxylic acids is 1. The van der Waals surface area contributed by atoms with Crippen molar-refractivity contribution in [2.24, 2.45) is 0 Å². The number of Topliss-reactive ketones (excluding diaryl/α,β-unsaturated/α-hetero) is 1. The predicted molar refractivity (Wildman–Crippen MR) is 108 cm³/mol. The zero-order valence-electron chi connectivity index (χ0n) is 16.4. The van der Waals surface area contributed by atoms with Crippen molar-refractivity contribution in [1.82, 2.24) is 0 Å². The highest BCUT2D eigenvalue weighted by Gasteiger charge is 2.46. The number of ether oxygens (including phenoxy) is 2. The Morgan fingerprint density at radius 2 is 1.88 bits per heavy atom. The summed E-state index contributed by atoms with van der Waals surface area (Å²) < 4.78 is 18.2. The van der Waals surface area contributed by atoms with E-state index in [4.69, 9.17) is 13.9 Å². The summed E-state index contributed by atoms with van der Waals surface area (Å²) in [5.41, 5.74) is 0.574. The first kappa shape index (κ1) is 22.5. The Hall–Kier alpha value is -0.533. The molecule has 0 aliphatic heterocycles. The van der Waals surface area contributed by atoms with E-state index in [1.54, 1.807) is 6.08 Å². The number of allylic oxidation sites excluding steroid dienone is 3. The molecule has 6 heteroatoms. The van der Waals surface area contributed by atoms with E-state index in [0.29, 0.717) is 12.0 Å². The van der Waals surface area contributed by atoms with Crippen LogP contribution < -0.4 is 0 Å². The molecule has 1 atom stereocenters. The van der Waals surface area contributed by atoms with E-state index < -0.39 is 14.1 Å². The van der Waals surface area contributed by atoms with Gasteiger partial charge in [-0.25, -0.2) is 0 Å². The van der Waals surface area contributed by atoms with Gasteiger partial charge in [0.15, 0.2) is 8.32 Å². The SMILES string of the molecule is C=CCCC(O[Si](C)(C)C(C)(C)C)C1=CC(Br)=CC(OC)(OC)C1=O. The van der Waals surface area contributed by atoms with Gasteiger partial charge in [0, 0.05) is 24.3 Å². The number of halogens is 1. The molecule has 0 aromatic heterocycles. The molecule has 0 fully saturated rings. The molecule has 0 heterocycles. The van der Waals surface area contributed by atoms with Crippen LogP contribution in [0.1, 0.15) is 33.6 Å². The second-order valence-electron chi connectivity index (χ2n) is 7.77. The lowest BCUT2D eigenvalue weighted by molar-refractivity contribution is -0.183. The van der Waals surface area contributed by atoms with Gasteiger partial charge in [-0.3, -0.25) is 4.79 Å². The highest BCUT2D eigenvalue weighted by Crippen LogP contribution is 2.40. The number of hydrogen-bond donors (Lipinski definition) is 0. The van der Waals surface area contributed by atoms with Gasteiger partial charge in [-0.2, -0.15) is 0 Å². The first-order chi connectivity index (χ1) is 11.4. The van der Waals surface area contributed by atoms with E-state index in [-0.39, 0.29) is 16.9 Å². The van der Waals surface area contributed by atoms with Gasteiger partial charge in [-0.15, -0.1) is 6.58 Å². The molecule has 1 unspecified atom stereocenters. The minimum absolute atomic E-state index is 0.0460. The number of carbonyl (C=O) groups is 1. The number of ketones is 1. The molecule has 0 N–H and O–H groups in total. The molecule has 1 aliphatic carbocycles. The van der Waals surface area contributed by atoms with Crippen LogP contribution in [0.15, 0.2) is 34.9 Å². The van der Waals surface area contributed by atoms with Crippen LogP contribution >= 0.6 is 15.9 Å². The van der Waals surface area contributed by atoms with Crippen molar-refractivity contribution in [2.45, 2.75) is 63.6 Å². The zero-order chi connectivity index (χ0) is 19.5. The number of hydrogen-bond acceptors (Lipinski definition) is 4. The Morgan fingerprint density at radius 3 is 2.32 bits per heavy atom. The molecule has 0 saturated carbocycles. The van der Waals surface area contributed by atoms with Crippen molar-refractivity contribution in [1.29, 1.82) is 0 Å². The lowest BCUT2D eigenvalue weighted by Crippen LogP contribution is -2.49. The van der Waals surface area contributed by atoms with E-state index >= 15 is 0 Å². The smallest absolute Gasteiger partial charge is 0.254 e. The molecule has 142 valence electrons. The Balaban J connectivity index is 3.29. The molecule has 0 spiro atoms. The highest BCUT2D eigenvalue weighted by molar-refractivity contribution is 9.11. The van der Waals surface area contributed by atoms with E-state index in [1.165, 1.54) is 14.2 Å². The molecule has 25 heavy (non-hydrogen) atoms. The largest absolute Gasteiger partial charge is 0.410 e. The van der Waals surface area contributed by atoms with Gasteiger partial charge in [0.1, 0.15) is 0 Å². The summed E-state index contributed by atoms with van der Waals surface area (Å²) in [6.45, 7) is 14.7. The van der Waals surface area contributed by atoms with Crippen LogP contribution in [0.2, 0.25) is 18.1 Å². The van der Waals surface area contributed by atoms with E-state index in [1.807, 2.05) is 12.2 Å². The van der Waals surface area contributed by atoms with Crippen LogP contribution in [0.3, 0.4) is 0 Å². The van der Waals surface area contributed by atoms with Gasteiger partial charge < -0.3 is 13.9 Å². The van der Waals surface area contributed by atoms with Crippen LogP contribution in [-0.2, 0) is 18.7 Å². The van der Waals surface area contributed by atoms with Crippen LogP contribution in [0.5, 0.6) is 0 Å². The van der Waals surface area contributed by atoms with Gasteiger partial charge in [-0.05, 0) is 43.1 Å². The molecule has 4 nitrogen and oxygen atoms in total. The third-order valence-electron chi connectivity index (χ3n) is 5.03. The third kappa shape index (κ3) is 5.01. The Morgan fingerprint density at radius 1 is 1.32 bits per heavy atom. The average molecular weight is 431 g/mol. The molecule has 0 bridgehead atoms. The third-order valence-corrected chi connectivity index (χ3v) is 9.97. The molecule has 1 rings (SSSR count). The fourth-order valence-corrected chi connectivity index (χ4v) is 4.27. The van der Waals surface area contributed by atoms with Crippen molar-refractivity contribution in [2.75, 3.05) is 14.2 Å². The second-order valence-corrected chi connectivity index (χ2v) is 13.4. The zero-order valence-corrected chi connectivity index (χ0v) is 19.0. The summed E-state index contributed by atoms with van der Waals surface area (Å²) in [6, 6.07) is 0. The van der Waals surface area contributed by atoms with Gasteiger partial charge >= 0.3 is 0 Å². The summed E-state index contributed by atoms with van der Waals surface area (Å²) in [5, 5.41) is 0.0460. The maximum atomic E-state index is 13.1. The van der Waals surface area contributed by atoms with Crippen molar-refractivity contribution in [3.05, 3.63) is 34.9 Å². The van der Waals surface area contributed by atoms with Crippen molar-refractivity contribution < 1.29 is 18.7 Å². The van der Waals surface area contributed by atoms with Gasteiger partial charge in [0.25, 0.3) is 5.79 Å². The van der Waals surface area contributed by atoms with Crippen LogP contribution in [0.25, 0.3) is 0 Å². The van der Waals surface area contributed by atoms with Crippen LogP contribution in [0, 0.1) is 0 Å². The standard InChI is InChI=1S/C19H31BrO4Si/c1-9-10-11-16(24-25(7,8)18(2,3)4)15-12-14(20)13-19(22-5,23-6)17(15)21/h9,12-13,16H,1,10-11H2,2-8H3. The summed E-state index contributed by atoms with van der Waals surface area (Å²) in [5.74, 6) is -1.62. The minimum Gasteiger partial charge on any atom is -0.410 e. The number of rotatable bonds is 8. The molecule has 0 amide bonds. The van der Waals surface area contributed by atoms with Crippen LogP contribution in [0.4, 0.5) is 0 Å².